The summed E-state index contributed by atoms with van der Waals surface area (Å²) < 4.78 is 14.7. The van der Waals surface area contributed by atoms with Gasteiger partial charge >= 0.3 is 0 Å². The molecule has 0 radical (unpaired) electrons. The van der Waals surface area contributed by atoms with Crippen LogP contribution in [0.1, 0.15) is 24.9 Å². The van der Waals surface area contributed by atoms with Crippen LogP contribution in [-0.4, -0.2) is 10.4 Å². The molecule has 100 valence electrons. The highest BCUT2D eigenvalue weighted by atomic mass is 32.2. The number of rotatable bonds is 2. The van der Waals surface area contributed by atoms with Crippen molar-refractivity contribution in [2.45, 2.75) is 28.8 Å². The van der Waals surface area contributed by atoms with Crippen LogP contribution >= 0.6 is 23.1 Å². The molecule has 0 fully saturated rings. The van der Waals surface area contributed by atoms with Crippen molar-refractivity contribution in [3.05, 3.63) is 41.0 Å². The second-order valence-corrected chi connectivity index (χ2v) is 7.31. The van der Waals surface area contributed by atoms with E-state index in [2.05, 4.69) is 23.7 Å². The van der Waals surface area contributed by atoms with Crippen LogP contribution in [0.25, 0.3) is 0 Å². The van der Waals surface area contributed by atoms with Crippen LogP contribution in [0.3, 0.4) is 0 Å². The SMILES string of the molecule is C[C@H]1CC(Nc2ccc(O)c(F)c2)c2ccsc2S1. The largest absolute Gasteiger partial charge is 0.505 e. The first-order chi connectivity index (χ1) is 9.13. The predicted molar refractivity (Wildman–Crippen MR) is 78.7 cm³/mol. The standard InChI is InChI=1S/C14H14FNOS2/c1-8-6-12(10-4-5-18-14(10)19-8)16-9-2-3-13(17)11(15)7-9/h2-5,7-8,12,16-17H,6H2,1H3/t8-,12?/m0/s1. The molecule has 0 saturated heterocycles. The van der Waals surface area contributed by atoms with Crippen molar-refractivity contribution >= 4 is 28.8 Å². The average molecular weight is 295 g/mol. The van der Waals surface area contributed by atoms with E-state index in [1.807, 2.05) is 11.8 Å². The topological polar surface area (TPSA) is 32.3 Å². The van der Waals surface area contributed by atoms with Gasteiger partial charge in [0, 0.05) is 17.0 Å². The van der Waals surface area contributed by atoms with Crippen LogP contribution < -0.4 is 5.32 Å². The summed E-state index contributed by atoms with van der Waals surface area (Å²) in [7, 11) is 0. The summed E-state index contributed by atoms with van der Waals surface area (Å²) in [6, 6.07) is 6.77. The summed E-state index contributed by atoms with van der Waals surface area (Å²) in [5.41, 5.74) is 2.00. The number of phenolic OH excluding ortho intramolecular Hbond substituents is 1. The van der Waals surface area contributed by atoms with Gasteiger partial charge in [-0.2, -0.15) is 0 Å². The maximum absolute atomic E-state index is 13.4. The highest BCUT2D eigenvalue weighted by Crippen LogP contribution is 2.45. The van der Waals surface area contributed by atoms with Gasteiger partial charge in [0.05, 0.1) is 10.3 Å². The molecule has 1 aromatic carbocycles. The van der Waals surface area contributed by atoms with Gasteiger partial charge in [-0.3, -0.25) is 0 Å². The van der Waals surface area contributed by atoms with Gasteiger partial charge in [-0.05, 0) is 35.6 Å². The van der Waals surface area contributed by atoms with E-state index in [1.165, 1.54) is 21.9 Å². The Morgan fingerprint density at radius 3 is 3.00 bits per heavy atom. The van der Waals surface area contributed by atoms with E-state index in [0.717, 1.165) is 6.42 Å². The molecule has 2 atom stereocenters. The first kappa shape index (κ1) is 12.8. The average Bonchev–Trinajstić information content (AvgIpc) is 2.82. The third-order valence-electron chi connectivity index (χ3n) is 3.20. The molecular formula is C14H14FNOS2. The van der Waals surface area contributed by atoms with Crippen molar-refractivity contribution < 1.29 is 9.50 Å². The molecule has 1 unspecified atom stereocenters. The first-order valence-corrected chi connectivity index (χ1v) is 7.88. The lowest BCUT2D eigenvalue weighted by atomic mass is 10.0. The summed E-state index contributed by atoms with van der Waals surface area (Å²) in [6.45, 7) is 2.21. The van der Waals surface area contributed by atoms with Crippen molar-refractivity contribution in [2.24, 2.45) is 0 Å². The van der Waals surface area contributed by atoms with Crippen molar-refractivity contribution in [1.29, 1.82) is 0 Å². The Labute approximate surface area is 119 Å². The van der Waals surface area contributed by atoms with Crippen molar-refractivity contribution in [2.75, 3.05) is 5.32 Å². The van der Waals surface area contributed by atoms with Gasteiger partial charge in [0.1, 0.15) is 0 Å². The Balaban J connectivity index is 1.86. The van der Waals surface area contributed by atoms with Crippen LogP contribution in [0.5, 0.6) is 5.75 Å². The Bertz CT molecular complexity index is 599. The highest BCUT2D eigenvalue weighted by Gasteiger charge is 2.26. The van der Waals surface area contributed by atoms with Gasteiger partial charge in [-0.15, -0.1) is 23.1 Å². The fourth-order valence-corrected chi connectivity index (χ4v) is 4.85. The zero-order valence-electron chi connectivity index (χ0n) is 10.4. The first-order valence-electron chi connectivity index (χ1n) is 6.12. The Morgan fingerprint density at radius 1 is 1.37 bits per heavy atom. The molecular weight excluding hydrogens is 281 g/mol. The maximum Gasteiger partial charge on any atom is 0.166 e. The molecule has 2 N–H and O–H groups in total. The third kappa shape index (κ3) is 2.58. The summed E-state index contributed by atoms with van der Waals surface area (Å²) in [5.74, 6) is -0.900. The van der Waals surface area contributed by atoms with E-state index >= 15 is 0 Å². The normalized spacial score (nSPS) is 22.0. The van der Waals surface area contributed by atoms with Crippen LogP contribution in [0.4, 0.5) is 10.1 Å². The molecule has 2 nitrogen and oxygen atoms in total. The van der Waals surface area contributed by atoms with E-state index in [4.69, 9.17) is 0 Å². The van der Waals surface area contributed by atoms with Gasteiger partial charge in [-0.1, -0.05) is 6.92 Å². The smallest absolute Gasteiger partial charge is 0.166 e. The van der Waals surface area contributed by atoms with Gasteiger partial charge in [0.15, 0.2) is 11.6 Å². The summed E-state index contributed by atoms with van der Waals surface area (Å²) in [4.78, 5) is 0. The maximum atomic E-state index is 13.4. The summed E-state index contributed by atoms with van der Waals surface area (Å²) in [5, 5.41) is 15.2. The number of halogens is 1. The summed E-state index contributed by atoms with van der Waals surface area (Å²) >= 11 is 3.66. The number of phenols is 1. The minimum absolute atomic E-state index is 0.210. The zero-order chi connectivity index (χ0) is 13.4. The van der Waals surface area contributed by atoms with Crippen LogP contribution in [0.15, 0.2) is 33.9 Å². The molecule has 0 amide bonds. The molecule has 1 aliphatic heterocycles. The van der Waals surface area contributed by atoms with Gasteiger partial charge in [0.2, 0.25) is 0 Å². The van der Waals surface area contributed by atoms with Gasteiger partial charge in [0.25, 0.3) is 0 Å². The number of fused-ring (bicyclic) bond motifs is 1. The quantitative estimate of drug-likeness (QED) is 0.792. The number of thioether (sulfide) groups is 1. The molecule has 3 rings (SSSR count). The number of benzene rings is 1. The van der Waals surface area contributed by atoms with E-state index in [9.17, 15) is 9.50 Å². The number of aromatic hydroxyl groups is 1. The lowest BCUT2D eigenvalue weighted by molar-refractivity contribution is 0.432. The van der Waals surface area contributed by atoms with Crippen molar-refractivity contribution in [3.63, 3.8) is 0 Å². The van der Waals surface area contributed by atoms with Crippen molar-refractivity contribution in [3.8, 4) is 5.75 Å². The highest BCUT2D eigenvalue weighted by molar-refractivity contribution is 8.01. The lowest BCUT2D eigenvalue weighted by Gasteiger charge is -2.28. The Kier molecular flexibility index (Phi) is 3.41. The molecule has 5 heteroatoms. The molecule has 0 saturated carbocycles. The molecule has 1 aromatic heterocycles. The van der Waals surface area contributed by atoms with Gasteiger partial charge < -0.3 is 10.4 Å². The van der Waals surface area contributed by atoms with Crippen LogP contribution in [0.2, 0.25) is 0 Å². The molecule has 19 heavy (non-hydrogen) atoms. The third-order valence-corrected chi connectivity index (χ3v) is 5.54. The molecule has 2 aromatic rings. The molecule has 2 heterocycles. The van der Waals surface area contributed by atoms with E-state index < -0.39 is 5.82 Å². The number of hydrogen-bond donors (Lipinski definition) is 2. The lowest BCUT2D eigenvalue weighted by Crippen LogP contribution is -2.19. The fraction of sp³-hybridized carbons (Fsp3) is 0.286. The molecule has 0 aliphatic carbocycles. The molecule has 0 bridgehead atoms. The second kappa shape index (κ2) is 5.06. The zero-order valence-corrected chi connectivity index (χ0v) is 12.0. The minimum atomic E-state index is -0.589. The van der Waals surface area contributed by atoms with Gasteiger partial charge in [-0.25, -0.2) is 4.39 Å². The number of hydrogen-bond acceptors (Lipinski definition) is 4. The van der Waals surface area contributed by atoms with Crippen LogP contribution in [-0.2, 0) is 0 Å². The number of thiophene rings is 1. The fourth-order valence-electron chi connectivity index (χ4n) is 2.28. The van der Waals surface area contributed by atoms with Crippen LogP contribution in [0, 0.1) is 5.82 Å². The molecule has 1 aliphatic rings. The Hall–Kier alpha value is -1.20. The van der Waals surface area contributed by atoms with Crippen molar-refractivity contribution in [1.82, 2.24) is 0 Å². The monoisotopic (exact) mass is 295 g/mol. The van der Waals surface area contributed by atoms with E-state index in [0.29, 0.717) is 10.9 Å². The van der Waals surface area contributed by atoms with E-state index in [-0.39, 0.29) is 11.8 Å². The second-order valence-electron chi connectivity index (χ2n) is 4.69. The molecule has 0 spiro atoms. The van der Waals surface area contributed by atoms with E-state index in [1.54, 1.807) is 17.4 Å². The summed E-state index contributed by atoms with van der Waals surface area (Å²) in [6.07, 6.45) is 1.01. The predicted octanol–water partition coefficient (Wildman–Crippen LogP) is 4.63. The minimum Gasteiger partial charge on any atom is -0.505 e. The Morgan fingerprint density at radius 2 is 2.21 bits per heavy atom. The number of anilines is 1. The number of nitrogens with one attached hydrogen (secondary N) is 1.